The molecule has 1 aliphatic carbocycles. The average Bonchev–Trinajstić information content (AvgIpc) is 3.65. The molecule has 0 spiro atoms. The molecule has 0 saturated heterocycles. The van der Waals surface area contributed by atoms with Crippen LogP contribution < -0.4 is 9.47 Å². The normalized spacial score (nSPS) is 13.7. The molecule has 0 radical (unpaired) electrons. The van der Waals surface area contributed by atoms with Crippen molar-refractivity contribution in [1.29, 1.82) is 0 Å². The molecule has 0 N–H and O–H groups in total. The summed E-state index contributed by atoms with van der Waals surface area (Å²) in [6, 6.07) is 44.1. The van der Waals surface area contributed by atoms with E-state index >= 15 is 0 Å². The van der Waals surface area contributed by atoms with Crippen LogP contribution in [0.15, 0.2) is 150 Å². The molecule has 0 aliphatic heterocycles. The summed E-state index contributed by atoms with van der Waals surface area (Å²) in [5.41, 5.74) is 20.9. The van der Waals surface area contributed by atoms with Crippen molar-refractivity contribution < 1.29 is 9.36 Å². The van der Waals surface area contributed by atoms with Crippen LogP contribution in [0.3, 0.4) is 0 Å². The highest BCUT2D eigenvalue weighted by molar-refractivity contribution is 6.23. The lowest BCUT2D eigenvalue weighted by atomic mass is 9.72. The molecule has 0 amide bonds. The molecule has 5 aromatic carbocycles. The van der Waals surface area contributed by atoms with E-state index < -0.39 is 10.8 Å². The average molecular weight is 918 g/mol. The van der Waals surface area contributed by atoms with Crippen molar-refractivity contribution in [3.8, 4) is 34.0 Å². The second-order valence-corrected chi connectivity index (χ2v) is 22.2. The summed E-state index contributed by atoms with van der Waals surface area (Å²) in [6.07, 6.45) is 6.11. The van der Waals surface area contributed by atoms with E-state index in [9.17, 15) is 4.79 Å². The number of hydrogen-bond donors (Lipinski definition) is 0. The van der Waals surface area contributed by atoms with E-state index in [0.717, 1.165) is 56.4 Å². The van der Waals surface area contributed by atoms with Crippen molar-refractivity contribution in [3.05, 3.63) is 184 Å². The Bertz CT molecular complexity index is 2850. The van der Waals surface area contributed by atoms with Crippen LogP contribution in [0.25, 0.3) is 51.2 Å². The number of para-hydroxylation sites is 2. The van der Waals surface area contributed by atoms with Crippen molar-refractivity contribution in [2.45, 2.75) is 121 Å². The predicted molar refractivity (Wildman–Crippen MR) is 294 cm³/mol. The number of Topliss-reactive ketones (excluding diaryl/α,β-unsaturated/α-hetero) is 1. The van der Waals surface area contributed by atoms with Crippen molar-refractivity contribution in [1.82, 2.24) is 4.57 Å². The minimum Gasteiger partial charge on any atom is -0.571 e. The molecule has 7 rings (SSSR count). The number of rotatable bonds is 13. The Kier molecular flexibility index (Phi) is 14.7. The number of carbonyl (C=O) groups excluding carboxylic acids is 1. The Hall–Kier alpha value is -6.53. The minimum atomic E-state index is -0.410. The molecule has 6 aromatic rings. The van der Waals surface area contributed by atoms with Gasteiger partial charge in [-0.25, -0.2) is 0 Å². The second-order valence-electron chi connectivity index (χ2n) is 22.2. The van der Waals surface area contributed by atoms with Gasteiger partial charge in [-0.3, -0.25) is 4.79 Å². The Morgan fingerprint density at radius 2 is 1.04 bits per heavy atom. The molecule has 0 fully saturated rings. The fourth-order valence-corrected chi connectivity index (χ4v) is 9.51. The fourth-order valence-electron chi connectivity index (χ4n) is 9.51. The Labute approximate surface area is 414 Å². The molecule has 1 aromatic heterocycles. The van der Waals surface area contributed by atoms with E-state index in [4.69, 9.17) is 10.5 Å². The second kappa shape index (κ2) is 20.2. The van der Waals surface area contributed by atoms with Crippen LogP contribution in [0, 0.1) is 10.8 Å². The van der Waals surface area contributed by atoms with E-state index in [1.54, 1.807) is 0 Å². The third-order valence-corrected chi connectivity index (χ3v) is 13.2. The molecule has 1 aliphatic rings. The van der Waals surface area contributed by atoms with Crippen LogP contribution in [-0.4, -0.2) is 30.2 Å². The quantitative estimate of drug-likeness (QED) is 0.0658. The van der Waals surface area contributed by atoms with Crippen LogP contribution in [0.1, 0.15) is 154 Å². The van der Waals surface area contributed by atoms with Gasteiger partial charge >= 0.3 is 0 Å². The highest BCUT2D eigenvalue weighted by Crippen LogP contribution is 2.45. The lowest BCUT2D eigenvalue weighted by Gasteiger charge is -2.32. The van der Waals surface area contributed by atoms with Gasteiger partial charge in [-0.2, -0.15) is 9.13 Å². The number of hydrogen-bond acceptors (Lipinski definition) is 3. The Balaban J connectivity index is 1.79. The van der Waals surface area contributed by atoms with Gasteiger partial charge in [0.15, 0.2) is 17.2 Å². The van der Waals surface area contributed by atoms with Crippen LogP contribution in [0.4, 0.5) is 5.69 Å². The van der Waals surface area contributed by atoms with Gasteiger partial charge in [0.1, 0.15) is 11.4 Å². The first-order valence-electron chi connectivity index (χ1n) is 24.9. The molecule has 0 unspecified atom stereocenters. The lowest BCUT2D eigenvalue weighted by Crippen LogP contribution is -2.38. The number of benzene rings is 5. The molecule has 1 heterocycles. The van der Waals surface area contributed by atoms with E-state index in [0.29, 0.717) is 11.4 Å². The maximum Gasteiger partial charge on any atom is 0.300 e. The van der Waals surface area contributed by atoms with E-state index in [1.165, 1.54) is 27.9 Å². The van der Waals surface area contributed by atoms with Gasteiger partial charge < -0.3 is 15.4 Å². The standard InChI is InChI=1S/C63H75N5O/c1-40(2)49-29-23-30-50(41(3)4)57(49)67-56(45-25-19-17-20-26-45)59(68(61(67)46-27-21-18-22-28-46)58-51(42(5)6)31-24-32-52(58)43(7)8)55(37-44-33-35-48(36-34-44)66(15)16)65-64-47-38-53(62(9,10)11)60(69)54(39-47)63(12,13)14/h17-43H,1-16H3/b55-37+. The van der Waals surface area contributed by atoms with Gasteiger partial charge in [-0.1, -0.05) is 206 Å². The molecule has 0 saturated carbocycles. The first-order chi connectivity index (χ1) is 32.6. The summed E-state index contributed by atoms with van der Waals surface area (Å²) in [5, 5.41) is 5.26. The lowest BCUT2D eigenvalue weighted by molar-refractivity contribution is -0.572. The number of ketones is 1. The monoisotopic (exact) mass is 918 g/mol. The minimum absolute atomic E-state index is 0.0655. The number of imidazole rings is 1. The number of nitrogens with zero attached hydrogens (tertiary/aromatic N) is 5. The molecule has 6 nitrogen and oxygen atoms in total. The molecular weight excluding hydrogens is 843 g/mol. The Morgan fingerprint density at radius 1 is 0.594 bits per heavy atom. The topological polar surface area (TPSA) is 55.6 Å². The first-order valence-corrected chi connectivity index (χ1v) is 24.9. The summed E-state index contributed by atoms with van der Waals surface area (Å²) < 4.78 is 5.09. The largest absolute Gasteiger partial charge is 0.571 e. The van der Waals surface area contributed by atoms with Gasteiger partial charge in [0.05, 0.1) is 5.56 Å². The number of allylic oxidation sites excluding steroid dienone is 4. The molecule has 69 heavy (non-hydrogen) atoms. The van der Waals surface area contributed by atoms with Crippen LogP contribution in [0.2, 0.25) is 0 Å². The van der Waals surface area contributed by atoms with Crippen LogP contribution in [-0.2, 0) is 4.79 Å². The number of carbonyl (C=O) groups is 1. The summed E-state index contributed by atoms with van der Waals surface area (Å²) in [6.45, 7) is 31.0. The number of aromatic nitrogens is 2. The summed E-state index contributed by atoms with van der Waals surface area (Å²) in [7, 11) is 4.13. The van der Waals surface area contributed by atoms with E-state index in [-0.39, 0.29) is 29.5 Å². The molecule has 0 bridgehead atoms. The maximum atomic E-state index is 14.2. The van der Waals surface area contributed by atoms with Crippen molar-refractivity contribution in [2.24, 2.45) is 15.9 Å². The van der Waals surface area contributed by atoms with Crippen molar-refractivity contribution >= 4 is 29.0 Å². The summed E-state index contributed by atoms with van der Waals surface area (Å²) >= 11 is 0. The third kappa shape index (κ3) is 10.4. The van der Waals surface area contributed by atoms with Crippen LogP contribution in [0.5, 0.6) is 0 Å². The molecule has 358 valence electrons. The smallest absolute Gasteiger partial charge is 0.300 e. The highest BCUT2D eigenvalue weighted by Gasteiger charge is 2.40. The SMILES string of the molecule is CC(C)c1cccc(C(C)C)c1-n1c(/C(=C\c2ccc(N(C)C)cc2)[N-]N=C2C=C(C(C)(C)C)C(=O)C(C(C)(C)C)=C2)c(-c2ccccc2)[n+](-c2c(C(C)C)cccc2C(C)C)c1-c1ccccc1. The number of anilines is 1. The zero-order valence-corrected chi connectivity index (χ0v) is 44.2. The molecule has 6 heteroatoms. The summed E-state index contributed by atoms with van der Waals surface area (Å²) in [4.78, 5) is 16.4. The zero-order valence-electron chi connectivity index (χ0n) is 44.2. The third-order valence-electron chi connectivity index (χ3n) is 13.2. The van der Waals surface area contributed by atoms with Gasteiger partial charge in [0.2, 0.25) is 0 Å². The molecular formula is C63H75N5O. The fraction of sp³-hybridized carbons (Fsp3) is 0.349. The Morgan fingerprint density at radius 3 is 1.48 bits per heavy atom. The van der Waals surface area contributed by atoms with Crippen molar-refractivity contribution in [3.63, 3.8) is 0 Å². The van der Waals surface area contributed by atoms with Crippen LogP contribution >= 0.6 is 0 Å². The van der Waals surface area contributed by atoms with Gasteiger partial charge in [-0.05, 0) is 76.5 Å². The zero-order chi connectivity index (χ0) is 50.1. The van der Waals surface area contributed by atoms with Crippen molar-refractivity contribution in [2.75, 3.05) is 19.0 Å². The van der Waals surface area contributed by atoms with E-state index in [1.807, 2.05) is 12.2 Å². The molecule has 0 atom stereocenters. The first kappa shape index (κ1) is 50.3. The van der Waals surface area contributed by atoms with Gasteiger partial charge in [0, 0.05) is 64.5 Å². The summed E-state index contributed by atoms with van der Waals surface area (Å²) in [5.74, 6) is 1.88. The predicted octanol–water partition coefficient (Wildman–Crippen LogP) is 16.4. The maximum absolute atomic E-state index is 14.2. The van der Waals surface area contributed by atoms with Gasteiger partial charge in [-0.15, -0.1) is 0 Å². The van der Waals surface area contributed by atoms with E-state index in [2.05, 4.69) is 252 Å². The van der Waals surface area contributed by atoms with Gasteiger partial charge in [0.25, 0.3) is 5.82 Å². The highest BCUT2D eigenvalue weighted by atomic mass is 16.1.